The molecule has 0 fully saturated rings. The minimum atomic E-state index is -0.388. The molecule has 0 atom stereocenters. The lowest BCUT2D eigenvalue weighted by Gasteiger charge is -2.05. The van der Waals surface area contributed by atoms with E-state index < -0.39 is 0 Å². The third-order valence-corrected chi connectivity index (χ3v) is 4.38. The fourth-order valence-electron chi connectivity index (χ4n) is 2.88. The summed E-state index contributed by atoms with van der Waals surface area (Å²) in [6, 6.07) is 14.2. The highest BCUT2D eigenvalue weighted by molar-refractivity contribution is 6.02. The van der Waals surface area contributed by atoms with E-state index in [1.807, 2.05) is 18.5 Å². The number of hydrogen-bond acceptors (Lipinski definition) is 2. The molecule has 27 heavy (non-hydrogen) atoms. The number of rotatable bonds is 5. The first kappa shape index (κ1) is 18.6. The molecule has 0 radical (unpaired) electrons. The predicted octanol–water partition coefficient (Wildman–Crippen LogP) is 4.65. The number of hydrogen-bond donors (Lipinski definition) is 1. The number of benzene rings is 2. The summed E-state index contributed by atoms with van der Waals surface area (Å²) in [5, 5.41) is 7.24. The van der Waals surface area contributed by atoms with Crippen LogP contribution in [-0.2, 0) is 11.3 Å². The number of aryl methyl sites for hydroxylation is 2. The number of nitrogens with zero attached hydrogens (tertiary/aromatic N) is 2. The van der Waals surface area contributed by atoms with Gasteiger partial charge in [0.15, 0.2) is 0 Å². The maximum atomic E-state index is 13.2. The number of nitrogens with one attached hydrogen (secondary N) is 1. The van der Waals surface area contributed by atoms with E-state index in [0.29, 0.717) is 12.2 Å². The Balaban J connectivity index is 1.73. The molecule has 3 rings (SSSR count). The van der Waals surface area contributed by atoms with Crippen molar-refractivity contribution in [1.29, 1.82) is 0 Å². The summed E-state index contributed by atoms with van der Waals surface area (Å²) in [4.78, 5) is 12.1. The van der Waals surface area contributed by atoms with Crippen molar-refractivity contribution in [3.8, 4) is 0 Å². The molecule has 138 valence electrons. The van der Waals surface area contributed by atoms with Crippen LogP contribution in [0, 0.1) is 26.6 Å². The molecule has 0 saturated carbocycles. The first-order valence-corrected chi connectivity index (χ1v) is 8.76. The largest absolute Gasteiger partial charge is 0.322 e. The average Bonchev–Trinajstić information content (AvgIpc) is 2.88. The van der Waals surface area contributed by atoms with E-state index >= 15 is 0 Å². The summed E-state index contributed by atoms with van der Waals surface area (Å²) in [7, 11) is 0. The van der Waals surface area contributed by atoms with E-state index in [9.17, 15) is 9.18 Å². The SMILES string of the molecule is Cc1ccc(Cn2nc(C)c(/C=C/C(=O)Nc3cccc(F)c3)c2C)cc1. The monoisotopic (exact) mass is 363 g/mol. The van der Waals surface area contributed by atoms with Gasteiger partial charge in [-0.3, -0.25) is 9.48 Å². The summed E-state index contributed by atoms with van der Waals surface area (Å²) in [5.41, 5.74) is 5.58. The number of carbonyl (C=O) groups excluding carboxylic acids is 1. The predicted molar refractivity (Wildman–Crippen MR) is 106 cm³/mol. The molecule has 0 aliphatic heterocycles. The van der Waals surface area contributed by atoms with E-state index in [0.717, 1.165) is 17.0 Å². The lowest BCUT2D eigenvalue weighted by atomic mass is 10.1. The first-order valence-electron chi connectivity index (χ1n) is 8.76. The van der Waals surface area contributed by atoms with Gasteiger partial charge >= 0.3 is 0 Å². The van der Waals surface area contributed by atoms with Crippen LogP contribution < -0.4 is 5.32 Å². The van der Waals surface area contributed by atoms with E-state index in [4.69, 9.17) is 0 Å². The number of anilines is 1. The van der Waals surface area contributed by atoms with Gasteiger partial charge in [-0.1, -0.05) is 35.9 Å². The zero-order valence-corrected chi connectivity index (χ0v) is 15.7. The van der Waals surface area contributed by atoms with Crippen molar-refractivity contribution in [3.05, 3.63) is 88.5 Å². The number of aromatic nitrogens is 2. The minimum absolute atomic E-state index is 0.314. The van der Waals surface area contributed by atoms with Crippen molar-refractivity contribution in [2.75, 3.05) is 5.32 Å². The highest BCUT2D eigenvalue weighted by Crippen LogP contribution is 2.17. The summed E-state index contributed by atoms with van der Waals surface area (Å²) in [5.74, 6) is -0.702. The molecule has 1 N–H and O–H groups in total. The molecule has 0 saturated heterocycles. The average molecular weight is 363 g/mol. The van der Waals surface area contributed by atoms with E-state index in [2.05, 4.69) is 41.6 Å². The summed E-state index contributed by atoms with van der Waals surface area (Å²) in [6.07, 6.45) is 3.19. The molecule has 0 aliphatic carbocycles. The summed E-state index contributed by atoms with van der Waals surface area (Å²) in [6.45, 7) is 6.64. The molecular formula is C22H22FN3O. The number of carbonyl (C=O) groups is 1. The molecule has 1 heterocycles. The van der Waals surface area contributed by atoms with Crippen molar-refractivity contribution < 1.29 is 9.18 Å². The Hall–Kier alpha value is -3.21. The van der Waals surface area contributed by atoms with Gasteiger partial charge in [-0.25, -0.2) is 4.39 Å². The molecule has 1 amide bonds. The van der Waals surface area contributed by atoms with Crippen molar-refractivity contribution >= 4 is 17.7 Å². The standard InChI is InChI=1S/C22H22FN3O/c1-15-7-9-18(10-8-15)14-26-17(3)21(16(2)25-26)11-12-22(27)24-20-6-4-5-19(23)13-20/h4-13H,14H2,1-3H3,(H,24,27)/b12-11+. The molecule has 1 aromatic heterocycles. The quantitative estimate of drug-likeness (QED) is 0.671. The zero-order chi connectivity index (χ0) is 19.4. The van der Waals surface area contributed by atoms with Crippen LogP contribution in [0.1, 0.15) is 28.1 Å². The number of amides is 1. The Morgan fingerprint density at radius 1 is 1.15 bits per heavy atom. The van der Waals surface area contributed by atoms with E-state index in [1.54, 1.807) is 18.2 Å². The maximum absolute atomic E-state index is 13.2. The molecular weight excluding hydrogens is 341 g/mol. The van der Waals surface area contributed by atoms with Crippen LogP contribution in [0.2, 0.25) is 0 Å². The van der Waals surface area contributed by atoms with Crippen LogP contribution >= 0.6 is 0 Å². The van der Waals surface area contributed by atoms with Gasteiger partial charge in [0.05, 0.1) is 12.2 Å². The fraction of sp³-hybridized carbons (Fsp3) is 0.182. The Bertz CT molecular complexity index is 987. The Labute approximate surface area is 158 Å². The fourth-order valence-corrected chi connectivity index (χ4v) is 2.88. The highest BCUT2D eigenvalue weighted by atomic mass is 19.1. The molecule has 4 nitrogen and oxygen atoms in total. The smallest absolute Gasteiger partial charge is 0.248 e. The first-order chi connectivity index (χ1) is 12.9. The second-order valence-corrected chi connectivity index (χ2v) is 6.56. The Morgan fingerprint density at radius 2 is 1.89 bits per heavy atom. The Kier molecular flexibility index (Phi) is 5.50. The maximum Gasteiger partial charge on any atom is 0.248 e. The van der Waals surface area contributed by atoms with Gasteiger partial charge in [0.1, 0.15) is 5.82 Å². The van der Waals surface area contributed by atoms with Crippen molar-refractivity contribution in [2.45, 2.75) is 27.3 Å². The van der Waals surface area contributed by atoms with Crippen molar-refractivity contribution in [3.63, 3.8) is 0 Å². The van der Waals surface area contributed by atoms with E-state index in [1.165, 1.54) is 29.3 Å². The Morgan fingerprint density at radius 3 is 2.59 bits per heavy atom. The van der Waals surface area contributed by atoms with Gasteiger partial charge < -0.3 is 5.32 Å². The van der Waals surface area contributed by atoms with Crippen LogP contribution in [0.5, 0.6) is 0 Å². The van der Waals surface area contributed by atoms with Gasteiger partial charge in [0, 0.05) is 23.0 Å². The van der Waals surface area contributed by atoms with Crippen LogP contribution in [0.25, 0.3) is 6.08 Å². The van der Waals surface area contributed by atoms with Gasteiger partial charge in [-0.15, -0.1) is 0 Å². The lowest BCUT2D eigenvalue weighted by molar-refractivity contribution is -0.111. The van der Waals surface area contributed by atoms with Crippen molar-refractivity contribution in [1.82, 2.24) is 9.78 Å². The van der Waals surface area contributed by atoms with E-state index in [-0.39, 0.29) is 11.7 Å². The molecule has 0 unspecified atom stereocenters. The minimum Gasteiger partial charge on any atom is -0.322 e. The molecule has 0 spiro atoms. The zero-order valence-electron chi connectivity index (χ0n) is 15.7. The lowest BCUT2D eigenvalue weighted by Crippen LogP contribution is -2.07. The number of halogens is 1. The second kappa shape index (κ2) is 7.99. The molecule has 5 heteroatoms. The third kappa shape index (κ3) is 4.70. The second-order valence-electron chi connectivity index (χ2n) is 6.56. The van der Waals surface area contributed by atoms with Gasteiger partial charge in [-0.05, 0) is 50.6 Å². The molecule has 0 aliphatic rings. The van der Waals surface area contributed by atoms with Crippen LogP contribution in [-0.4, -0.2) is 15.7 Å². The van der Waals surface area contributed by atoms with Gasteiger partial charge in [0.2, 0.25) is 5.91 Å². The van der Waals surface area contributed by atoms with Crippen LogP contribution in [0.4, 0.5) is 10.1 Å². The van der Waals surface area contributed by atoms with Crippen molar-refractivity contribution in [2.24, 2.45) is 0 Å². The van der Waals surface area contributed by atoms with Crippen LogP contribution in [0.3, 0.4) is 0 Å². The normalized spacial score (nSPS) is 11.1. The van der Waals surface area contributed by atoms with Crippen LogP contribution in [0.15, 0.2) is 54.6 Å². The topological polar surface area (TPSA) is 46.9 Å². The highest BCUT2D eigenvalue weighted by Gasteiger charge is 2.10. The molecule has 3 aromatic rings. The van der Waals surface area contributed by atoms with Gasteiger partial charge in [-0.2, -0.15) is 5.10 Å². The third-order valence-electron chi connectivity index (χ3n) is 4.38. The molecule has 0 bridgehead atoms. The summed E-state index contributed by atoms with van der Waals surface area (Å²) < 4.78 is 15.1. The molecule has 2 aromatic carbocycles. The summed E-state index contributed by atoms with van der Waals surface area (Å²) >= 11 is 0. The van der Waals surface area contributed by atoms with Gasteiger partial charge in [0.25, 0.3) is 0 Å².